The number of hydrogen-bond acceptors (Lipinski definition) is 44. The highest BCUT2D eigenvalue weighted by atomic mass is 16.8. The summed E-state index contributed by atoms with van der Waals surface area (Å²) in [6.45, 7) is -3.43. The molecular weight excluding hydrogens is 1490 g/mol. The van der Waals surface area contributed by atoms with Crippen LogP contribution in [0.3, 0.4) is 0 Å². The second-order valence-electron chi connectivity index (χ2n) is 27.7. The van der Waals surface area contributed by atoms with E-state index in [1.165, 1.54) is 6.92 Å². The maximum Gasteiger partial charge on any atom is 0.217 e. The van der Waals surface area contributed by atoms with Gasteiger partial charge in [-0.05, 0) is 6.92 Å². The van der Waals surface area contributed by atoms with Crippen LogP contribution < -0.4 is 21.3 Å². The van der Waals surface area contributed by atoms with Gasteiger partial charge in [-0.1, -0.05) is 0 Å². The molecule has 0 aromatic rings. The van der Waals surface area contributed by atoms with E-state index < -0.39 is 346 Å². The number of carbonyl (C=O) groups excluding carboxylic acids is 4. The monoisotopic (exact) mass is 1590 g/mol. The van der Waals surface area contributed by atoms with Crippen LogP contribution in [-0.4, -0.2) is 464 Å². The van der Waals surface area contributed by atoms with Crippen molar-refractivity contribution in [3.8, 4) is 0 Å². The summed E-state index contributed by atoms with van der Waals surface area (Å²) in [4.78, 5) is 50.6. The summed E-state index contributed by atoms with van der Waals surface area (Å²) in [5.41, 5.74) is 0. The molecule has 9 saturated heterocycles. The third-order valence-corrected chi connectivity index (χ3v) is 20.0. The zero-order valence-corrected chi connectivity index (χ0v) is 58.9. The maximum absolute atomic E-state index is 13.3. The molecule has 48 nitrogen and oxygen atoms in total. The first-order valence-electron chi connectivity index (χ1n) is 34.9. The van der Waals surface area contributed by atoms with Gasteiger partial charge in [-0.3, -0.25) is 19.2 Å². The van der Waals surface area contributed by atoms with Gasteiger partial charge in [0.2, 0.25) is 23.6 Å². The molecule has 9 fully saturated rings. The standard InChI is InChI=1S/C61H102N4O44/c1-14-31(77)39(85)43(89)58(94-14)107-50-30(65-18(5)76)53(92)95-25(12-72)49(50)106-56-29(64-17(4)75)38(84)46(22(9-69)99-56)105-61-52(109-59-42(88)34(80)21(8-68)98-59)51(108-60-45(91)41(87)48(24(11-71)101-60)104-55-28(63-16(3)74)37(83)33(79)20(7-67)97-55)35(81)26(102-61)13-93-57-44(90)40(86)47(23(10-70)100-57)103-54-27(62-15(2)73)36(82)32(78)19(6-66)96-54/h14,19-61,66-72,77-92H,6-13H2,1-5H3,(H,62,73)(H,63,74)(H,64,75)(H,65,76)/t14-,19+,20+,21+,22+,23+,24+,25+,26+,27+,28+,29+,30+,31+,32+,33+,34-,35+,36+,37+,38+,39+,40-,41+,42+,43-,44-,45-,46+,47+,48+,49+,50+,51-,52-,53+,54-,55-,56-,57-,58-,59-,60+,61-/m0/s1. The van der Waals surface area contributed by atoms with Crippen LogP contribution in [0.15, 0.2) is 0 Å². The van der Waals surface area contributed by atoms with Gasteiger partial charge in [-0.2, -0.15) is 0 Å². The molecule has 0 unspecified atom stereocenters. The van der Waals surface area contributed by atoms with E-state index in [4.69, 9.17) is 80.5 Å². The quantitative estimate of drug-likeness (QED) is 0.0346. The van der Waals surface area contributed by atoms with Crippen molar-refractivity contribution >= 4 is 23.6 Å². The molecule has 109 heavy (non-hydrogen) atoms. The molecule has 44 atom stereocenters. The molecule has 0 aromatic carbocycles. The molecule has 4 amide bonds. The molecule has 48 heteroatoms. The number of nitrogens with one attached hydrogen (secondary N) is 4. The molecule has 0 bridgehead atoms. The summed E-state index contributed by atoms with van der Waals surface area (Å²) in [7, 11) is 0. The van der Waals surface area contributed by atoms with E-state index >= 15 is 0 Å². The van der Waals surface area contributed by atoms with Gasteiger partial charge < -0.3 is 219 Å². The number of rotatable bonds is 28. The fourth-order valence-corrected chi connectivity index (χ4v) is 14.2. The van der Waals surface area contributed by atoms with E-state index in [0.29, 0.717) is 0 Å². The summed E-state index contributed by atoms with van der Waals surface area (Å²) in [6, 6.07) is -7.10. The molecule has 27 N–H and O–H groups in total. The second kappa shape index (κ2) is 38.8. The van der Waals surface area contributed by atoms with E-state index in [1.807, 2.05) is 0 Å². The number of aliphatic hydroxyl groups excluding tert-OH is 23. The summed E-state index contributed by atoms with van der Waals surface area (Å²) in [5.74, 6) is -3.44. The Balaban J connectivity index is 1.07. The number of carbonyl (C=O) groups is 4. The number of aliphatic hydroxyl groups is 23. The highest BCUT2D eigenvalue weighted by Gasteiger charge is 2.61. The van der Waals surface area contributed by atoms with Gasteiger partial charge in [-0.25, -0.2) is 0 Å². The first kappa shape index (κ1) is 89.2. The third kappa shape index (κ3) is 19.7. The minimum atomic E-state index is -2.47. The Kier molecular flexibility index (Phi) is 31.8. The van der Waals surface area contributed by atoms with Gasteiger partial charge >= 0.3 is 0 Å². The van der Waals surface area contributed by atoms with Crippen LogP contribution in [0.2, 0.25) is 0 Å². The number of amides is 4. The van der Waals surface area contributed by atoms with Crippen molar-refractivity contribution in [2.75, 3.05) is 52.9 Å². The molecule has 630 valence electrons. The second-order valence-corrected chi connectivity index (χ2v) is 27.7. The molecule has 0 spiro atoms. The summed E-state index contributed by atoms with van der Waals surface area (Å²) < 4.78 is 102. The molecule has 9 aliphatic rings. The third-order valence-electron chi connectivity index (χ3n) is 20.0. The van der Waals surface area contributed by atoms with Crippen LogP contribution >= 0.6 is 0 Å². The van der Waals surface area contributed by atoms with Crippen LogP contribution in [0.5, 0.6) is 0 Å². The zero-order valence-electron chi connectivity index (χ0n) is 58.9. The lowest BCUT2D eigenvalue weighted by Gasteiger charge is -2.52. The van der Waals surface area contributed by atoms with Gasteiger partial charge in [0.15, 0.2) is 56.6 Å². The molecule has 0 aliphatic carbocycles. The SMILES string of the molecule is CC(=O)N[C@@H]1[C@@H](O[C@@H]2O[C@@H](C)[C@@H](O)[C@@H](O)[C@@H]2O)[C@H](O[C@@H]2O[C@H](CO)[C@@H](O[C@@H]3O[C@H](CO[C@H]4O[C@H](CO)[C@@H](O[C@@H]5O[C@H](CO)[C@@H](O)[C@H](O)[C@H]5NC(C)=O)[C@@H](O)[C@@H]4O)[C@@H](O)[C@H](O[C@H]4O[C@H](CO)[C@@H](O[C@@H]5O[C@H](CO)[C@@H](O)[C@H](O)[C@H]5NC(C)=O)[C@H](O)[C@@H]4O)[C@@H]3O[C@@H]3O[C@H](CO)[C@H](O)[C@H]3O)[C@H](O)[C@H]2NC(C)=O)[C@@H](CO)O[C@H]1O. The molecule has 9 aliphatic heterocycles. The van der Waals surface area contributed by atoms with Gasteiger partial charge in [0.1, 0.15) is 207 Å². The van der Waals surface area contributed by atoms with Crippen molar-refractivity contribution in [1.82, 2.24) is 21.3 Å². The van der Waals surface area contributed by atoms with Crippen LogP contribution in [0, 0.1) is 0 Å². The fraction of sp³-hybridized carbons (Fsp3) is 0.934. The highest BCUT2D eigenvalue weighted by molar-refractivity contribution is 5.74. The van der Waals surface area contributed by atoms with Crippen LogP contribution in [0.4, 0.5) is 0 Å². The van der Waals surface area contributed by atoms with Gasteiger partial charge in [0.05, 0.1) is 59.0 Å². The summed E-state index contributed by atoms with van der Waals surface area (Å²) >= 11 is 0. The minimum Gasteiger partial charge on any atom is -0.394 e. The molecule has 0 radical (unpaired) electrons. The summed E-state index contributed by atoms with van der Waals surface area (Å²) in [5, 5.41) is 265. The normalized spacial score (nSPS) is 49.1. The Hall–Kier alpha value is -3.72. The Morgan fingerprint density at radius 3 is 1.02 bits per heavy atom. The average molecular weight is 1600 g/mol. The highest BCUT2D eigenvalue weighted by Crippen LogP contribution is 2.41. The Morgan fingerprint density at radius 2 is 0.560 bits per heavy atom. The number of hydrogen-bond donors (Lipinski definition) is 27. The van der Waals surface area contributed by atoms with Crippen LogP contribution in [0.25, 0.3) is 0 Å². The van der Waals surface area contributed by atoms with Crippen LogP contribution in [-0.2, 0) is 99.7 Å². The van der Waals surface area contributed by atoms with Gasteiger partial charge in [0, 0.05) is 27.7 Å². The van der Waals surface area contributed by atoms with Gasteiger partial charge in [-0.15, -0.1) is 0 Å². The van der Waals surface area contributed by atoms with E-state index in [9.17, 15) is 137 Å². The molecule has 0 saturated carbocycles. The summed E-state index contributed by atoms with van der Waals surface area (Å²) in [6.07, 6.45) is -81.0. The lowest BCUT2D eigenvalue weighted by atomic mass is 9.93. The molecule has 0 aromatic heterocycles. The first-order valence-corrected chi connectivity index (χ1v) is 34.9. The van der Waals surface area contributed by atoms with Crippen molar-refractivity contribution < 1.29 is 217 Å². The minimum absolute atomic E-state index is 0.793. The van der Waals surface area contributed by atoms with E-state index in [2.05, 4.69) is 21.3 Å². The Labute approximate surface area is 618 Å². The topological polar surface area (TPSA) is 739 Å². The van der Waals surface area contributed by atoms with E-state index in [-0.39, 0.29) is 0 Å². The van der Waals surface area contributed by atoms with E-state index in [0.717, 1.165) is 27.7 Å². The maximum atomic E-state index is 13.3. The van der Waals surface area contributed by atoms with E-state index in [1.54, 1.807) is 0 Å². The zero-order chi connectivity index (χ0) is 80.2. The smallest absolute Gasteiger partial charge is 0.217 e. The van der Waals surface area contributed by atoms with Gasteiger partial charge in [0.25, 0.3) is 0 Å². The van der Waals surface area contributed by atoms with Crippen molar-refractivity contribution in [2.45, 2.75) is 305 Å². The predicted molar refractivity (Wildman–Crippen MR) is 336 cm³/mol. The predicted octanol–water partition coefficient (Wildman–Crippen LogP) is -18.4. The Morgan fingerprint density at radius 1 is 0.257 bits per heavy atom. The molecular formula is C61H102N4O44. The number of ether oxygens (including phenoxy) is 17. The largest absolute Gasteiger partial charge is 0.394 e. The Bertz CT molecular complexity index is 2890. The molecule has 9 heterocycles. The van der Waals surface area contributed by atoms with Crippen molar-refractivity contribution in [1.29, 1.82) is 0 Å². The van der Waals surface area contributed by atoms with Crippen molar-refractivity contribution in [3.63, 3.8) is 0 Å². The first-order chi connectivity index (χ1) is 51.6. The molecule has 9 rings (SSSR count). The lowest BCUT2D eigenvalue weighted by Crippen LogP contribution is -2.71. The fourth-order valence-electron chi connectivity index (χ4n) is 14.2. The van der Waals surface area contributed by atoms with Crippen LogP contribution in [0.1, 0.15) is 34.6 Å². The average Bonchev–Trinajstić information content (AvgIpc) is 1.17. The lowest BCUT2D eigenvalue weighted by molar-refractivity contribution is -0.403. The van der Waals surface area contributed by atoms with Crippen molar-refractivity contribution in [3.05, 3.63) is 0 Å². The van der Waals surface area contributed by atoms with Crippen molar-refractivity contribution in [2.24, 2.45) is 0 Å².